The largest absolute Gasteiger partial charge is 0.479 e. The van der Waals surface area contributed by atoms with E-state index in [1.807, 2.05) is 19.1 Å². The zero-order valence-corrected chi connectivity index (χ0v) is 9.86. The number of rotatable bonds is 2. The predicted molar refractivity (Wildman–Crippen MR) is 63.8 cm³/mol. The zero-order chi connectivity index (χ0) is 12.4. The Labute approximate surface area is 100 Å². The number of ether oxygens (including phenoxy) is 1. The second-order valence-electron chi connectivity index (χ2n) is 4.09. The van der Waals surface area contributed by atoms with Gasteiger partial charge in [0.05, 0.1) is 17.7 Å². The smallest absolute Gasteiger partial charge is 0.265 e. The van der Waals surface area contributed by atoms with Crippen LogP contribution in [0.25, 0.3) is 0 Å². The van der Waals surface area contributed by atoms with Crippen LogP contribution in [0.3, 0.4) is 0 Å². The Hall–Kier alpha value is -2.02. The summed E-state index contributed by atoms with van der Waals surface area (Å²) in [5, 5.41) is 11.8. The second kappa shape index (κ2) is 4.46. The van der Waals surface area contributed by atoms with Crippen molar-refractivity contribution >= 4 is 11.6 Å². The van der Waals surface area contributed by atoms with Crippen LogP contribution in [0.15, 0.2) is 18.2 Å². The molecule has 1 aromatic carbocycles. The minimum absolute atomic E-state index is 0.142. The van der Waals surface area contributed by atoms with E-state index in [-0.39, 0.29) is 11.8 Å². The average molecular weight is 230 g/mol. The van der Waals surface area contributed by atoms with Crippen LogP contribution in [-0.2, 0) is 4.79 Å². The standard InChI is InChI=1S/C13H14N2O2/c1-3-9(7-14)10-4-5-12-11(6-10)15-13(16)8(2)17-12/h4-6,8-9H,3H2,1-2H3,(H,15,16). The first-order valence-electron chi connectivity index (χ1n) is 5.66. The molecule has 0 aliphatic carbocycles. The summed E-state index contributed by atoms with van der Waals surface area (Å²) in [7, 11) is 0. The number of hydrogen-bond donors (Lipinski definition) is 1. The molecule has 4 heteroatoms. The number of nitrogens with zero attached hydrogens (tertiary/aromatic N) is 1. The molecule has 2 atom stereocenters. The summed E-state index contributed by atoms with van der Waals surface area (Å²) in [5.74, 6) is 0.366. The van der Waals surface area contributed by atoms with Gasteiger partial charge in [-0.1, -0.05) is 13.0 Å². The second-order valence-corrected chi connectivity index (χ2v) is 4.09. The molecule has 17 heavy (non-hydrogen) atoms. The average Bonchev–Trinajstić information content (AvgIpc) is 2.32. The normalized spacial score (nSPS) is 19.6. The van der Waals surface area contributed by atoms with Crippen LogP contribution >= 0.6 is 0 Å². The van der Waals surface area contributed by atoms with E-state index in [4.69, 9.17) is 10.00 Å². The van der Waals surface area contributed by atoms with Gasteiger partial charge in [-0.05, 0) is 31.0 Å². The molecule has 0 fully saturated rings. The summed E-state index contributed by atoms with van der Waals surface area (Å²) in [6.45, 7) is 3.67. The summed E-state index contributed by atoms with van der Waals surface area (Å²) in [4.78, 5) is 11.5. The Morgan fingerprint density at radius 3 is 3.00 bits per heavy atom. The highest BCUT2D eigenvalue weighted by atomic mass is 16.5. The van der Waals surface area contributed by atoms with Crippen LogP contribution in [0, 0.1) is 11.3 Å². The molecule has 0 bridgehead atoms. The summed E-state index contributed by atoms with van der Waals surface area (Å²) < 4.78 is 5.45. The molecular formula is C13H14N2O2. The Morgan fingerprint density at radius 1 is 1.59 bits per heavy atom. The van der Waals surface area contributed by atoms with Crippen molar-refractivity contribution in [1.29, 1.82) is 5.26 Å². The summed E-state index contributed by atoms with van der Waals surface area (Å²) in [6, 6.07) is 7.74. The highest BCUT2D eigenvalue weighted by Gasteiger charge is 2.24. The van der Waals surface area contributed by atoms with Gasteiger partial charge in [-0.25, -0.2) is 0 Å². The maximum Gasteiger partial charge on any atom is 0.265 e. The topological polar surface area (TPSA) is 62.1 Å². The monoisotopic (exact) mass is 230 g/mol. The number of hydrogen-bond acceptors (Lipinski definition) is 3. The molecule has 0 saturated carbocycles. The van der Waals surface area contributed by atoms with Crippen molar-refractivity contribution in [2.75, 3.05) is 5.32 Å². The van der Waals surface area contributed by atoms with Gasteiger partial charge in [0.1, 0.15) is 5.75 Å². The van der Waals surface area contributed by atoms with Crippen molar-refractivity contribution in [3.63, 3.8) is 0 Å². The van der Waals surface area contributed by atoms with Crippen molar-refractivity contribution in [1.82, 2.24) is 0 Å². The van der Waals surface area contributed by atoms with Crippen molar-refractivity contribution in [2.24, 2.45) is 0 Å². The van der Waals surface area contributed by atoms with Crippen molar-refractivity contribution in [3.05, 3.63) is 23.8 Å². The van der Waals surface area contributed by atoms with Crippen LogP contribution in [0.1, 0.15) is 31.7 Å². The fourth-order valence-corrected chi connectivity index (χ4v) is 1.84. The summed E-state index contributed by atoms with van der Waals surface area (Å²) in [5.41, 5.74) is 1.56. The number of nitriles is 1. The van der Waals surface area contributed by atoms with Gasteiger partial charge in [0, 0.05) is 0 Å². The van der Waals surface area contributed by atoms with Gasteiger partial charge in [-0.15, -0.1) is 0 Å². The van der Waals surface area contributed by atoms with Crippen molar-refractivity contribution in [3.8, 4) is 11.8 Å². The highest BCUT2D eigenvalue weighted by Crippen LogP contribution is 2.33. The maximum absolute atomic E-state index is 11.5. The molecular weight excluding hydrogens is 216 g/mol. The molecule has 1 amide bonds. The van der Waals surface area contributed by atoms with Gasteiger partial charge < -0.3 is 10.1 Å². The first-order valence-corrected chi connectivity index (χ1v) is 5.66. The SMILES string of the molecule is CCC(C#N)c1ccc2c(c1)NC(=O)C(C)O2. The molecule has 0 aromatic heterocycles. The van der Waals surface area contributed by atoms with Crippen LogP contribution in [0.2, 0.25) is 0 Å². The Bertz CT molecular complexity index is 491. The first kappa shape index (κ1) is 11.5. The van der Waals surface area contributed by atoms with Gasteiger partial charge in [0.15, 0.2) is 6.10 Å². The zero-order valence-electron chi connectivity index (χ0n) is 9.86. The van der Waals surface area contributed by atoms with Gasteiger partial charge in [0.25, 0.3) is 5.91 Å². The third kappa shape index (κ3) is 2.09. The minimum Gasteiger partial charge on any atom is -0.479 e. The Morgan fingerprint density at radius 2 is 2.35 bits per heavy atom. The third-order valence-electron chi connectivity index (χ3n) is 2.90. The quantitative estimate of drug-likeness (QED) is 0.848. The molecule has 1 heterocycles. The van der Waals surface area contributed by atoms with Gasteiger partial charge in [-0.3, -0.25) is 4.79 Å². The molecule has 88 valence electrons. The van der Waals surface area contributed by atoms with Crippen molar-refractivity contribution in [2.45, 2.75) is 32.3 Å². The van der Waals surface area contributed by atoms with Crippen LogP contribution in [0.4, 0.5) is 5.69 Å². The lowest BCUT2D eigenvalue weighted by Crippen LogP contribution is -2.34. The van der Waals surface area contributed by atoms with E-state index in [0.717, 1.165) is 12.0 Å². The van der Waals surface area contributed by atoms with Gasteiger partial charge in [0.2, 0.25) is 0 Å². The lowest BCUT2D eigenvalue weighted by Gasteiger charge is -2.24. The van der Waals surface area contributed by atoms with E-state index in [9.17, 15) is 4.79 Å². The minimum atomic E-state index is -0.466. The number of carbonyl (C=O) groups is 1. The Kier molecular flexibility index (Phi) is 3.01. The molecule has 1 N–H and O–H groups in total. The van der Waals surface area contributed by atoms with E-state index >= 15 is 0 Å². The lowest BCUT2D eigenvalue weighted by atomic mass is 9.97. The maximum atomic E-state index is 11.5. The van der Waals surface area contributed by atoms with E-state index in [2.05, 4.69) is 11.4 Å². The van der Waals surface area contributed by atoms with Crippen LogP contribution in [0.5, 0.6) is 5.75 Å². The summed E-state index contributed by atoms with van der Waals surface area (Å²) in [6.07, 6.45) is 0.284. The fourth-order valence-electron chi connectivity index (χ4n) is 1.84. The molecule has 0 spiro atoms. The molecule has 0 saturated heterocycles. The molecule has 1 aromatic rings. The van der Waals surface area contributed by atoms with E-state index in [1.165, 1.54) is 0 Å². The molecule has 1 aliphatic rings. The van der Waals surface area contributed by atoms with Crippen LogP contribution in [-0.4, -0.2) is 12.0 Å². The number of benzene rings is 1. The van der Waals surface area contributed by atoms with Crippen LogP contribution < -0.4 is 10.1 Å². The fraction of sp³-hybridized carbons (Fsp3) is 0.385. The van der Waals surface area contributed by atoms with Gasteiger partial charge >= 0.3 is 0 Å². The van der Waals surface area contributed by atoms with E-state index in [0.29, 0.717) is 11.4 Å². The number of nitrogens with one attached hydrogen (secondary N) is 1. The molecule has 4 nitrogen and oxygen atoms in total. The first-order chi connectivity index (χ1) is 8.15. The highest BCUT2D eigenvalue weighted by molar-refractivity contribution is 5.97. The number of carbonyl (C=O) groups excluding carboxylic acids is 1. The molecule has 1 aliphatic heterocycles. The number of anilines is 1. The molecule has 2 unspecified atom stereocenters. The lowest BCUT2D eigenvalue weighted by molar-refractivity contribution is -0.122. The number of amides is 1. The predicted octanol–water partition coefficient (Wildman–Crippen LogP) is 2.42. The summed E-state index contributed by atoms with van der Waals surface area (Å²) >= 11 is 0. The van der Waals surface area contributed by atoms with E-state index in [1.54, 1.807) is 13.0 Å². The molecule has 0 radical (unpaired) electrons. The van der Waals surface area contributed by atoms with E-state index < -0.39 is 6.10 Å². The van der Waals surface area contributed by atoms with Gasteiger partial charge in [-0.2, -0.15) is 5.26 Å². The van der Waals surface area contributed by atoms with Crippen molar-refractivity contribution < 1.29 is 9.53 Å². The number of fused-ring (bicyclic) bond motifs is 1. The third-order valence-corrected chi connectivity index (χ3v) is 2.90. The molecule has 2 rings (SSSR count). The Balaban J connectivity index is 2.35.